The average molecular weight is 461 g/mol. The van der Waals surface area contributed by atoms with Gasteiger partial charge >= 0.3 is 0 Å². The Labute approximate surface area is 198 Å². The van der Waals surface area contributed by atoms with E-state index in [0.29, 0.717) is 37.7 Å². The van der Waals surface area contributed by atoms with Gasteiger partial charge in [0.2, 0.25) is 23.5 Å². The molecule has 0 radical (unpaired) electrons. The highest BCUT2D eigenvalue weighted by Crippen LogP contribution is 2.41. The Balaban J connectivity index is 1.37. The number of carbonyl (C=O) groups excluding carboxylic acids is 2. The van der Waals surface area contributed by atoms with Gasteiger partial charge in [0.1, 0.15) is 6.61 Å². The van der Waals surface area contributed by atoms with Crippen molar-refractivity contribution in [2.75, 3.05) is 24.7 Å². The van der Waals surface area contributed by atoms with Gasteiger partial charge in [-0.25, -0.2) is 0 Å². The van der Waals surface area contributed by atoms with Crippen molar-refractivity contribution in [1.29, 1.82) is 0 Å². The fraction of sp³-hybridized carbons (Fsp3) is 0.385. The Morgan fingerprint density at radius 2 is 1.91 bits per heavy atom. The molecular weight excluding hydrogens is 432 g/mol. The molecule has 0 unspecified atom stereocenters. The van der Waals surface area contributed by atoms with Gasteiger partial charge in [-0.2, -0.15) is 4.98 Å². The van der Waals surface area contributed by atoms with Gasteiger partial charge in [-0.1, -0.05) is 53.7 Å². The number of carbonyl (C=O) groups is 2. The van der Waals surface area contributed by atoms with Gasteiger partial charge in [-0.3, -0.25) is 9.59 Å². The van der Waals surface area contributed by atoms with Gasteiger partial charge < -0.3 is 19.5 Å². The van der Waals surface area contributed by atoms with E-state index in [2.05, 4.69) is 21.5 Å². The molecule has 1 N–H and O–H groups in total. The molecule has 34 heavy (non-hydrogen) atoms. The van der Waals surface area contributed by atoms with Gasteiger partial charge in [-0.15, -0.1) is 0 Å². The number of anilines is 1. The molecule has 2 aliphatic rings. The van der Waals surface area contributed by atoms with Crippen LogP contribution in [0, 0.1) is 5.92 Å². The van der Waals surface area contributed by atoms with Crippen molar-refractivity contribution in [1.82, 2.24) is 15.5 Å². The molecule has 3 atom stereocenters. The van der Waals surface area contributed by atoms with Crippen LogP contribution in [0.25, 0.3) is 11.4 Å². The molecule has 0 spiro atoms. The Morgan fingerprint density at radius 3 is 2.74 bits per heavy atom. The lowest BCUT2D eigenvalue weighted by Crippen LogP contribution is -2.39. The molecule has 2 heterocycles. The minimum atomic E-state index is -0.288. The number of ether oxygens (including phenoxy) is 1. The van der Waals surface area contributed by atoms with Crippen molar-refractivity contribution >= 4 is 17.5 Å². The van der Waals surface area contributed by atoms with Crippen molar-refractivity contribution in [3.8, 4) is 11.4 Å². The minimum absolute atomic E-state index is 0.0169. The lowest BCUT2D eigenvalue weighted by Gasteiger charge is -2.21. The first-order valence-corrected chi connectivity index (χ1v) is 11.8. The molecule has 1 aliphatic heterocycles. The van der Waals surface area contributed by atoms with Crippen LogP contribution in [0.4, 0.5) is 5.69 Å². The van der Waals surface area contributed by atoms with Crippen LogP contribution in [-0.4, -0.2) is 47.8 Å². The highest BCUT2D eigenvalue weighted by Gasteiger charge is 2.44. The normalized spacial score (nSPS) is 21.4. The van der Waals surface area contributed by atoms with Gasteiger partial charge in [0, 0.05) is 36.4 Å². The molecule has 8 heteroatoms. The second-order valence-electron chi connectivity index (χ2n) is 8.78. The predicted octanol–water partition coefficient (Wildman–Crippen LogP) is 3.34. The number of rotatable bonds is 7. The number of nitrogens with zero attached hydrogens (tertiary/aromatic N) is 3. The summed E-state index contributed by atoms with van der Waals surface area (Å²) in [5.41, 5.74) is 3.03. The third kappa shape index (κ3) is 4.46. The van der Waals surface area contributed by atoms with E-state index in [1.54, 1.807) is 0 Å². The Morgan fingerprint density at radius 1 is 1.12 bits per heavy atom. The number of hydrogen-bond donors (Lipinski definition) is 1. The van der Waals surface area contributed by atoms with E-state index in [-0.39, 0.29) is 36.3 Å². The topological polar surface area (TPSA) is 97.6 Å². The first-order valence-electron chi connectivity index (χ1n) is 11.8. The van der Waals surface area contributed by atoms with Crippen LogP contribution >= 0.6 is 0 Å². The zero-order valence-corrected chi connectivity index (χ0v) is 19.1. The molecule has 1 fully saturated rings. The molecule has 2 amide bonds. The van der Waals surface area contributed by atoms with Gasteiger partial charge in [0.25, 0.3) is 0 Å². The molecular formula is C26H28N4O4. The molecule has 1 aliphatic carbocycles. The lowest BCUT2D eigenvalue weighted by molar-refractivity contribution is -0.126. The van der Waals surface area contributed by atoms with E-state index in [1.165, 1.54) is 5.56 Å². The largest absolute Gasteiger partial charge is 0.372 e. The number of amides is 2. The second kappa shape index (κ2) is 9.77. The number of benzene rings is 2. The van der Waals surface area contributed by atoms with Crippen LogP contribution in [0.1, 0.15) is 37.1 Å². The minimum Gasteiger partial charge on any atom is -0.372 e. The molecule has 5 rings (SSSR count). The maximum absolute atomic E-state index is 13.5. The zero-order chi connectivity index (χ0) is 23.5. The number of nitrogens with one attached hydrogen (secondary N) is 1. The predicted molar refractivity (Wildman–Crippen MR) is 126 cm³/mol. The SMILES string of the molecule is CCOCC(=O)N[C@H]1C[C@H](C(=O)N2CCc3ccccc32)C[C@H]1c1nc(-c2ccccc2)no1. The van der Waals surface area contributed by atoms with E-state index in [4.69, 9.17) is 9.26 Å². The molecule has 176 valence electrons. The first kappa shape index (κ1) is 22.3. The van der Waals surface area contributed by atoms with E-state index < -0.39 is 0 Å². The van der Waals surface area contributed by atoms with Crippen molar-refractivity contribution in [3.05, 3.63) is 66.1 Å². The molecule has 1 aromatic heterocycles. The monoisotopic (exact) mass is 460 g/mol. The number of hydrogen-bond acceptors (Lipinski definition) is 6. The van der Waals surface area contributed by atoms with Crippen molar-refractivity contribution < 1.29 is 18.8 Å². The van der Waals surface area contributed by atoms with Crippen LogP contribution in [0.15, 0.2) is 59.1 Å². The second-order valence-corrected chi connectivity index (χ2v) is 8.78. The highest BCUT2D eigenvalue weighted by atomic mass is 16.5. The van der Waals surface area contributed by atoms with E-state index in [1.807, 2.05) is 60.4 Å². The fourth-order valence-electron chi connectivity index (χ4n) is 4.99. The summed E-state index contributed by atoms with van der Waals surface area (Å²) in [6, 6.07) is 17.3. The maximum Gasteiger partial charge on any atom is 0.246 e. The summed E-state index contributed by atoms with van der Waals surface area (Å²) in [5, 5.41) is 7.20. The van der Waals surface area contributed by atoms with Crippen molar-refractivity contribution in [2.24, 2.45) is 5.92 Å². The number of para-hydroxylation sites is 1. The summed E-state index contributed by atoms with van der Waals surface area (Å²) >= 11 is 0. The molecule has 0 saturated heterocycles. The summed E-state index contributed by atoms with van der Waals surface area (Å²) in [6.45, 7) is 2.97. The molecule has 3 aromatic rings. The number of fused-ring (bicyclic) bond motifs is 1. The Hall–Kier alpha value is -3.52. The summed E-state index contributed by atoms with van der Waals surface area (Å²) < 4.78 is 10.9. The van der Waals surface area contributed by atoms with E-state index >= 15 is 0 Å². The summed E-state index contributed by atoms with van der Waals surface area (Å²) in [4.78, 5) is 32.5. The lowest BCUT2D eigenvalue weighted by atomic mass is 10.0. The Kier molecular flexibility index (Phi) is 6.40. The van der Waals surface area contributed by atoms with Crippen LogP contribution in [-0.2, 0) is 20.7 Å². The van der Waals surface area contributed by atoms with E-state index in [0.717, 1.165) is 17.7 Å². The van der Waals surface area contributed by atoms with Crippen molar-refractivity contribution in [3.63, 3.8) is 0 Å². The third-order valence-corrected chi connectivity index (χ3v) is 6.64. The summed E-state index contributed by atoms with van der Waals surface area (Å²) in [7, 11) is 0. The smallest absolute Gasteiger partial charge is 0.246 e. The van der Waals surface area contributed by atoms with Gasteiger partial charge in [-0.05, 0) is 37.8 Å². The van der Waals surface area contributed by atoms with E-state index in [9.17, 15) is 9.59 Å². The summed E-state index contributed by atoms with van der Waals surface area (Å²) in [6.07, 6.45) is 1.91. The fourth-order valence-corrected chi connectivity index (χ4v) is 4.99. The van der Waals surface area contributed by atoms with Crippen LogP contribution in [0.2, 0.25) is 0 Å². The van der Waals surface area contributed by atoms with Gasteiger partial charge in [0.15, 0.2) is 0 Å². The molecule has 1 saturated carbocycles. The molecule has 0 bridgehead atoms. The standard InChI is InChI=1S/C26H28N4O4/c1-2-33-16-23(31)27-21-15-19(26(32)30-13-12-17-8-6-7-11-22(17)30)14-20(21)25-28-24(29-34-25)18-9-4-3-5-10-18/h3-11,19-21H,2,12-16H2,1H3,(H,27,31)/t19-,20-,21+/m1/s1. The quantitative estimate of drug-likeness (QED) is 0.581. The zero-order valence-electron chi connectivity index (χ0n) is 19.1. The summed E-state index contributed by atoms with van der Waals surface area (Å²) in [5.74, 6) is 0.317. The number of aromatic nitrogens is 2. The third-order valence-electron chi connectivity index (χ3n) is 6.64. The highest BCUT2D eigenvalue weighted by molar-refractivity contribution is 5.97. The van der Waals surface area contributed by atoms with Crippen LogP contribution in [0.3, 0.4) is 0 Å². The first-order chi connectivity index (χ1) is 16.6. The maximum atomic E-state index is 13.5. The molecule has 8 nitrogen and oxygen atoms in total. The average Bonchev–Trinajstić information content (AvgIpc) is 3.61. The Bertz CT molecular complexity index is 1160. The van der Waals surface area contributed by atoms with Crippen molar-refractivity contribution in [2.45, 2.75) is 38.1 Å². The van der Waals surface area contributed by atoms with Crippen LogP contribution in [0.5, 0.6) is 0 Å². The molecule has 2 aromatic carbocycles. The van der Waals surface area contributed by atoms with Crippen LogP contribution < -0.4 is 10.2 Å². The van der Waals surface area contributed by atoms with Gasteiger partial charge in [0.05, 0.1) is 5.92 Å².